The Bertz CT molecular complexity index is 647. The normalized spacial score (nSPS) is 11.9. The van der Waals surface area contributed by atoms with Gasteiger partial charge in [-0.15, -0.1) is 0 Å². The molecule has 0 spiro atoms. The van der Waals surface area contributed by atoms with Gasteiger partial charge in [0, 0.05) is 17.6 Å². The molecular formula is C17H16ClFN2. The molecule has 0 saturated carbocycles. The van der Waals surface area contributed by atoms with Crippen molar-refractivity contribution < 1.29 is 4.39 Å². The van der Waals surface area contributed by atoms with Gasteiger partial charge in [0.05, 0.1) is 5.56 Å². The van der Waals surface area contributed by atoms with Crippen LogP contribution in [-0.2, 0) is 6.54 Å². The summed E-state index contributed by atoms with van der Waals surface area (Å²) in [6, 6.07) is 14.4. The summed E-state index contributed by atoms with van der Waals surface area (Å²) >= 11 is 5.89. The zero-order chi connectivity index (χ0) is 15.2. The highest BCUT2D eigenvalue weighted by Crippen LogP contribution is 2.20. The van der Waals surface area contributed by atoms with Crippen LogP contribution in [0, 0.1) is 17.1 Å². The molecule has 0 aromatic heterocycles. The molecule has 4 heteroatoms. The Morgan fingerprint density at radius 2 is 1.95 bits per heavy atom. The molecule has 0 saturated heterocycles. The summed E-state index contributed by atoms with van der Waals surface area (Å²) in [5.74, 6) is -0.481. The van der Waals surface area contributed by atoms with E-state index in [4.69, 9.17) is 16.9 Å². The van der Waals surface area contributed by atoms with Crippen LogP contribution in [0.4, 0.5) is 4.39 Å². The van der Waals surface area contributed by atoms with Crippen LogP contribution in [-0.4, -0.2) is 0 Å². The Balaban J connectivity index is 2.07. The minimum Gasteiger partial charge on any atom is -0.306 e. The number of nitriles is 1. The van der Waals surface area contributed by atoms with Crippen molar-refractivity contribution in [2.75, 3.05) is 0 Å². The van der Waals surface area contributed by atoms with Crippen molar-refractivity contribution in [3.63, 3.8) is 0 Å². The van der Waals surface area contributed by atoms with Gasteiger partial charge in [0.2, 0.25) is 0 Å². The SMILES string of the molecule is CCC(NCc1ccc(F)c(C#N)c1)c1ccc(Cl)cc1. The molecule has 0 heterocycles. The Morgan fingerprint density at radius 1 is 1.24 bits per heavy atom. The van der Waals surface area contributed by atoms with Gasteiger partial charge in [-0.1, -0.05) is 36.7 Å². The molecule has 0 aliphatic rings. The third-order valence-electron chi connectivity index (χ3n) is 3.38. The molecule has 0 bridgehead atoms. The minimum atomic E-state index is -0.481. The molecule has 1 atom stereocenters. The highest BCUT2D eigenvalue weighted by molar-refractivity contribution is 6.30. The first-order chi connectivity index (χ1) is 10.1. The molecular weight excluding hydrogens is 287 g/mol. The van der Waals surface area contributed by atoms with Crippen molar-refractivity contribution in [2.45, 2.75) is 25.9 Å². The van der Waals surface area contributed by atoms with E-state index in [1.807, 2.05) is 30.3 Å². The van der Waals surface area contributed by atoms with E-state index in [0.29, 0.717) is 11.6 Å². The van der Waals surface area contributed by atoms with E-state index < -0.39 is 5.82 Å². The monoisotopic (exact) mass is 302 g/mol. The van der Waals surface area contributed by atoms with Gasteiger partial charge in [-0.2, -0.15) is 5.26 Å². The fraction of sp³-hybridized carbons (Fsp3) is 0.235. The van der Waals surface area contributed by atoms with Crippen molar-refractivity contribution in [1.82, 2.24) is 5.32 Å². The number of nitrogens with one attached hydrogen (secondary N) is 1. The molecule has 1 unspecified atom stereocenters. The van der Waals surface area contributed by atoms with Crippen LogP contribution in [0.2, 0.25) is 5.02 Å². The van der Waals surface area contributed by atoms with Gasteiger partial charge in [-0.3, -0.25) is 0 Å². The first-order valence-electron chi connectivity index (χ1n) is 6.81. The van der Waals surface area contributed by atoms with Gasteiger partial charge in [0.25, 0.3) is 0 Å². The van der Waals surface area contributed by atoms with E-state index in [0.717, 1.165) is 17.5 Å². The molecule has 21 heavy (non-hydrogen) atoms. The second-order valence-electron chi connectivity index (χ2n) is 4.82. The molecule has 0 radical (unpaired) electrons. The maximum Gasteiger partial charge on any atom is 0.140 e. The summed E-state index contributed by atoms with van der Waals surface area (Å²) in [6.07, 6.45) is 0.925. The van der Waals surface area contributed by atoms with Crippen LogP contribution >= 0.6 is 11.6 Å². The summed E-state index contributed by atoms with van der Waals surface area (Å²) in [4.78, 5) is 0. The molecule has 2 aromatic carbocycles. The van der Waals surface area contributed by atoms with Crippen molar-refractivity contribution in [1.29, 1.82) is 5.26 Å². The van der Waals surface area contributed by atoms with E-state index in [1.165, 1.54) is 6.07 Å². The Labute approximate surface area is 129 Å². The lowest BCUT2D eigenvalue weighted by atomic mass is 10.0. The van der Waals surface area contributed by atoms with Crippen LogP contribution in [0.5, 0.6) is 0 Å². The van der Waals surface area contributed by atoms with Gasteiger partial charge in [-0.25, -0.2) is 4.39 Å². The maximum atomic E-state index is 13.3. The quantitative estimate of drug-likeness (QED) is 0.876. The van der Waals surface area contributed by atoms with Crippen molar-refractivity contribution in [3.05, 3.63) is 70.0 Å². The number of halogens is 2. The zero-order valence-electron chi connectivity index (χ0n) is 11.7. The van der Waals surface area contributed by atoms with Crippen molar-refractivity contribution in [2.24, 2.45) is 0 Å². The summed E-state index contributed by atoms with van der Waals surface area (Å²) in [7, 11) is 0. The average Bonchev–Trinajstić information content (AvgIpc) is 2.51. The summed E-state index contributed by atoms with van der Waals surface area (Å²) < 4.78 is 13.3. The first-order valence-corrected chi connectivity index (χ1v) is 7.19. The molecule has 2 aromatic rings. The van der Waals surface area contributed by atoms with Crippen LogP contribution in [0.25, 0.3) is 0 Å². The fourth-order valence-electron chi connectivity index (χ4n) is 2.20. The molecule has 1 N–H and O–H groups in total. The second kappa shape index (κ2) is 7.21. The highest BCUT2D eigenvalue weighted by Gasteiger charge is 2.09. The van der Waals surface area contributed by atoms with E-state index in [-0.39, 0.29) is 11.6 Å². The lowest BCUT2D eigenvalue weighted by Gasteiger charge is -2.17. The third-order valence-corrected chi connectivity index (χ3v) is 3.64. The number of benzene rings is 2. The molecule has 0 aliphatic heterocycles. The van der Waals surface area contributed by atoms with Gasteiger partial charge in [0.1, 0.15) is 11.9 Å². The first kappa shape index (κ1) is 15.5. The number of hydrogen-bond donors (Lipinski definition) is 1. The van der Waals surface area contributed by atoms with Crippen LogP contribution in [0.3, 0.4) is 0 Å². The van der Waals surface area contributed by atoms with Gasteiger partial charge < -0.3 is 5.32 Å². The molecule has 0 amide bonds. The standard InChI is InChI=1S/C17H16ClFN2/c1-2-17(13-4-6-15(18)7-5-13)21-11-12-3-8-16(19)14(9-12)10-20/h3-9,17,21H,2,11H2,1H3. The van der Waals surface area contributed by atoms with Gasteiger partial charge in [0.15, 0.2) is 0 Å². The fourth-order valence-corrected chi connectivity index (χ4v) is 2.33. The topological polar surface area (TPSA) is 35.8 Å². The molecule has 0 aliphatic carbocycles. The summed E-state index contributed by atoms with van der Waals surface area (Å²) in [5.41, 5.74) is 2.12. The zero-order valence-corrected chi connectivity index (χ0v) is 12.5. The van der Waals surface area contributed by atoms with Crippen LogP contribution in [0.1, 0.15) is 36.1 Å². The van der Waals surface area contributed by atoms with E-state index in [1.54, 1.807) is 12.1 Å². The number of hydrogen-bond acceptors (Lipinski definition) is 2. The minimum absolute atomic E-state index is 0.0776. The molecule has 2 rings (SSSR count). The molecule has 0 fully saturated rings. The summed E-state index contributed by atoms with van der Waals surface area (Å²) in [6.45, 7) is 2.67. The molecule has 2 nitrogen and oxygen atoms in total. The lowest BCUT2D eigenvalue weighted by Crippen LogP contribution is -2.20. The lowest BCUT2D eigenvalue weighted by molar-refractivity contribution is 0.518. The van der Waals surface area contributed by atoms with E-state index in [9.17, 15) is 4.39 Å². The Kier molecular flexibility index (Phi) is 5.32. The predicted molar refractivity (Wildman–Crippen MR) is 82.4 cm³/mol. The largest absolute Gasteiger partial charge is 0.306 e. The summed E-state index contributed by atoms with van der Waals surface area (Å²) in [5, 5.41) is 13.0. The Morgan fingerprint density at radius 3 is 2.57 bits per heavy atom. The van der Waals surface area contributed by atoms with E-state index >= 15 is 0 Å². The van der Waals surface area contributed by atoms with Crippen molar-refractivity contribution >= 4 is 11.6 Å². The average molecular weight is 303 g/mol. The third kappa shape index (κ3) is 4.04. The predicted octanol–water partition coefficient (Wildman–Crippen LogP) is 4.59. The van der Waals surface area contributed by atoms with Crippen LogP contribution < -0.4 is 5.32 Å². The van der Waals surface area contributed by atoms with Crippen molar-refractivity contribution in [3.8, 4) is 6.07 Å². The van der Waals surface area contributed by atoms with E-state index in [2.05, 4.69) is 12.2 Å². The van der Waals surface area contributed by atoms with Crippen LogP contribution in [0.15, 0.2) is 42.5 Å². The molecule has 108 valence electrons. The second-order valence-corrected chi connectivity index (χ2v) is 5.26. The number of rotatable bonds is 5. The Hall–Kier alpha value is -1.89. The maximum absolute atomic E-state index is 13.3. The van der Waals surface area contributed by atoms with Gasteiger partial charge in [-0.05, 0) is 41.8 Å². The smallest absolute Gasteiger partial charge is 0.140 e. The number of nitrogens with zero attached hydrogens (tertiary/aromatic N) is 1. The highest BCUT2D eigenvalue weighted by atomic mass is 35.5. The van der Waals surface area contributed by atoms with Gasteiger partial charge >= 0.3 is 0 Å².